The van der Waals surface area contributed by atoms with E-state index in [0.29, 0.717) is 0 Å². The van der Waals surface area contributed by atoms with Crippen molar-refractivity contribution in [3.63, 3.8) is 0 Å². The molecule has 0 spiro atoms. The maximum Gasteiger partial charge on any atom is 4.00 e. The molecule has 2 aliphatic carbocycles. The van der Waals surface area contributed by atoms with E-state index in [1.54, 1.807) is 27.7 Å². The fraction of sp³-hybridized carbons (Fsp3) is 0.542. The number of allylic oxidation sites excluding steroid dienone is 8. The van der Waals surface area contributed by atoms with Gasteiger partial charge in [0, 0.05) is 10.8 Å². The smallest absolute Gasteiger partial charge is 0.694 e. The van der Waals surface area contributed by atoms with Gasteiger partial charge in [0.2, 0.25) is 0 Å². The van der Waals surface area contributed by atoms with Crippen LogP contribution in [0.2, 0.25) is 0 Å². The number of unbranched alkanes of at least 4 members (excludes halogenated alkanes) is 6. The first-order chi connectivity index (χ1) is 26.2. The Morgan fingerprint density at radius 3 is 1.21 bits per heavy atom. The quantitative estimate of drug-likeness (QED) is 0.0555. The van der Waals surface area contributed by atoms with Gasteiger partial charge in [-0.1, -0.05) is 132 Å². The molecule has 2 atom stereocenters. The molecule has 2 aromatic carbocycles. The van der Waals surface area contributed by atoms with Gasteiger partial charge in [-0.2, -0.15) is 12.2 Å². The van der Waals surface area contributed by atoms with Crippen LogP contribution in [-0.4, -0.2) is 11.6 Å². The summed E-state index contributed by atoms with van der Waals surface area (Å²) in [4.78, 5) is 25.3. The molecule has 0 bridgehead atoms. The Kier molecular flexibility index (Phi) is 25.2. The van der Waals surface area contributed by atoms with Crippen molar-refractivity contribution in [2.45, 2.75) is 146 Å². The van der Waals surface area contributed by atoms with Gasteiger partial charge in [-0.25, -0.2) is 40.9 Å². The van der Waals surface area contributed by atoms with Crippen LogP contribution >= 0.6 is 0 Å². The molecule has 2 aliphatic rings. The first-order valence-electron chi connectivity index (χ1n) is 20.2. The molecule has 57 heavy (non-hydrogen) atoms. The van der Waals surface area contributed by atoms with Crippen LogP contribution in [0.4, 0.5) is 28.9 Å². The summed E-state index contributed by atoms with van der Waals surface area (Å²) in [5.41, 5.74) is 13.7. The zero-order chi connectivity index (χ0) is 42.6. The summed E-state index contributed by atoms with van der Waals surface area (Å²) in [7, 11) is 0. The summed E-state index contributed by atoms with van der Waals surface area (Å²) >= 11 is 0. The van der Waals surface area contributed by atoms with Crippen LogP contribution in [0.5, 0.6) is 0 Å². The summed E-state index contributed by atoms with van der Waals surface area (Å²) in [5, 5.41) is 0. The van der Waals surface area contributed by atoms with Crippen molar-refractivity contribution >= 4 is 22.9 Å². The molecule has 0 aromatic heterocycles. The van der Waals surface area contributed by atoms with Crippen LogP contribution in [0.25, 0.3) is 11.5 Å². The van der Waals surface area contributed by atoms with Gasteiger partial charge >= 0.3 is 21.7 Å². The van der Waals surface area contributed by atoms with E-state index in [9.17, 15) is 27.2 Å². The van der Waals surface area contributed by atoms with Gasteiger partial charge in [-0.3, -0.25) is 21.7 Å². The normalized spacial score (nSPS) is 14.1. The van der Waals surface area contributed by atoms with Crippen LogP contribution in [0, 0.1) is 58.1 Å². The fourth-order valence-corrected chi connectivity index (χ4v) is 6.10. The number of rotatable bonds is 16. The third-order valence-electron chi connectivity index (χ3n) is 11.0. The van der Waals surface area contributed by atoms with Crippen LogP contribution in [0.15, 0.2) is 59.7 Å². The van der Waals surface area contributed by atoms with Crippen LogP contribution < -0.4 is 0 Å². The Labute approximate surface area is 357 Å². The van der Waals surface area contributed by atoms with E-state index in [4.69, 9.17) is 11.5 Å². The van der Waals surface area contributed by atoms with Crippen LogP contribution in [0.1, 0.15) is 167 Å². The van der Waals surface area contributed by atoms with E-state index >= 15 is 0 Å². The minimum absolute atomic E-state index is 0. The number of Topliss-reactive ketones (excluding diaryl/α,β-unsaturated/α-hetero) is 2. The number of hydrogen-bond acceptors (Lipinski definition) is 2. The van der Waals surface area contributed by atoms with E-state index in [-0.39, 0.29) is 56.2 Å². The molecule has 4 nitrogen and oxygen atoms in total. The second kappa shape index (κ2) is 26.7. The van der Waals surface area contributed by atoms with E-state index < -0.39 is 45.5 Å². The Morgan fingerprint density at radius 2 is 0.965 bits per heavy atom. The van der Waals surface area contributed by atoms with Crippen LogP contribution in [-0.2, 0) is 21.7 Å². The molecule has 0 aliphatic heterocycles. The minimum Gasteiger partial charge on any atom is -0.694 e. The molecule has 312 valence electrons. The van der Waals surface area contributed by atoms with Crippen molar-refractivity contribution in [1.82, 2.24) is 0 Å². The van der Waals surface area contributed by atoms with Gasteiger partial charge in [-0.15, -0.1) is 12.8 Å². The molecule has 0 amide bonds. The number of carbonyl (C=O) groups excluding carboxylic acids is 2. The predicted molar refractivity (Wildman–Crippen MR) is 225 cm³/mol. The Balaban J connectivity index is 0.000000836. The van der Waals surface area contributed by atoms with Gasteiger partial charge < -0.3 is 11.5 Å². The largest absolute Gasteiger partial charge is 4.00 e. The molecule has 0 saturated heterocycles. The standard InChI is InChI=1S/2C18H26F2NO.2C6H7.Ti/c2*1-5-6-7-8-9-12(2)18(3,4)17(22)13-10-11-14(19)16(21)15(13)20;2*1-6-4-2-3-5-6;/h2*10-12,21H,5-9H2,1-4H3;2*2,4H,3H2,1H3;/q4*-1;+4. The Bertz CT molecular complexity index is 1560. The molecule has 0 saturated carbocycles. The Hall–Kier alpha value is -3.23. The van der Waals surface area contributed by atoms with Crippen molar-refractivity contribution in [3.05, 3.63) is 118 Å². The summed E-state index contributed by atoms with van der Waals surface area (Å²) in [6.07, 6.45) is 27.5. The van der Waals surface area contributed by atoms with Gasteiger partial charge in [0.05, 0.1) is 11.1 Å². The first-order valence-corrected chi connectivity index (χ1v) is 20.2. The second-order valence-electron chi connectivity index (χ2n) is 16.1. The van der Waals surface area contributed by atoms with Gasteiger partial charge in [0.1, 0.15) is 23.3 Å². The zero-order valence-corrected chi connectivity index (χ0v) is 37.6. The van der Waals surface area contributed by atoms with Crippen LogP contribution in [0.3, 0.4) is 0 Å². The molecule has 0 heterocycles. The van der Waals surface area contributed by atoms with Gasteiger partial charge in [-0.05, 0) is 48.9 Å². The van der Waals surface area contributed by atoms with Crippen molar-refractivity contribution in [2.75, 3.05) is 0 Å². The zero-order valence-electron chi connectivity index (χ0n) is 36.1. The summed E-state index contributed by atoms with van der Waals surface area (Å²) in [5.74, 6) is -4.54. The fourth-order valence-electron chi connectivity index (χ4n) is 6.10. The average molecular weight is 827 g/mol. The maximum atomic E-state index is 14.0. The molecule has 9 heteroatoms. The van der Waals surface area contributed by atoms with Crippen molar-refractivity contribution in [3.8, 4) is 0 Å². The maximum absolute atomic E-state index is 14.0. The molecule has 2 N–H and O–H groups in total. The molecule has 2 aromatic rings. The van der Waals surface area contributed by atoms with E-state index in [0.717, 1.165) is 88.5 Å². The molecule has 2 unspecified atom stereocenters. The van der Waals surface area contributed by atoms with Crippen molar-refractivity contribution in [1.29, 1.82) is 0 Å². The summed E-state index contributed by atoms with van der Waals surface area (Å²) in [6.45, 7) is 19.6. The molecular weight excluding hydrogens is 760 g/mol. The number of nitrogens with one attached hydrogen (secondary N) is 2. The van der Waals surface area contributed by atoms with Gasteiger partial charge in [0.25, 0.3) is 0 Å². The number of hydrogen-bond donors (Lipinski definition) is 0. The van der Waals surface area contributed by atoms with Gasteiger partial charge in [0.15, 0.2) is 11.6 Å². The molecule has 4 rings (SSSR count). The van der Waals surface area contributed by atoms with E-state index in [1.165, 1.54) is 24.0 Å². The topological polar surface area (TPSA) is 81.7 Å². The third-order valence-corrected chi connectivity index (χ3v) is 11.0. The summed E-state index contributed by atoms with van der Waals surface area (Å²) < 4.78 is 54.4. The summed E-state index contributed by atoms with van der Waals surface area (Å²) in [6, 6.07) is 4.27. The first kappa shape index (κ1) is 53.8. The number of ketones is 2. The second-order valence-corrected chi connectivity index (χ2v) is 16.1. The molecular formula is C48H66F4N2O2Ti. The predicted octanol–water partition coefficient (Wildman–Crippen LogP) is 16.3. The minimum atomic E-state index is -1.06. The monoisotopic (exact) mass is 826 g/mol. The third kappa shape index (κ3) is 17.3. The number of halogens is 4. The Morgan fingerprint density at radius 1 is 0.632 bits per heavy atom. The van der Waals surface area contributed by atoms with E-state index in [1.807, 2.05) is 13.8 Å². The average Bonchev–Trinajstić information content (AvgIpc) is 3.86. The SMILES string of the molecule is CC1=[C-]CC=C1.CC1=[C-]CC=C1.CCCCCCC(C)C(C)(C)C(=O)c1ccc(F)c([NH-])c1F.CCCCCCC(C)C(C)(C)C(=O)c1ccc(F)c([NH-])c1F.[Ti+4]. The molecule has 0 fully saturated rings. The van der Waals surface area contributed by atoms with E-state index in [2.05, 4.69) is 64.2 Å². The van der Waals surface area contributed by atoms with Crippen molar-refractivity contribution in [2.24, 2.45) is 22.7 Å². The number of carbonyl (C=O) groups is 2. The van der Waals surface area contributed by atoms with Crippen molar-refractivity contribution < 1.29 is 48.9 Å². The number of benzene rings is 2. The molecule has 0 radical (unpaired) electrons.